The van der Waals surface area contributed by atoms with Crippen molar-refractivity contribution in [2.24, 2.45) is 0 Å². The van der Waals surface area contributed by atoms with Gasteiger partial charge in [0.1, 0.15) is 5.69 Å². The highest BCUT2D eigenvalue weighted by Gasteiger charge is 2.20. The quantitative estimate of drug-likeness (QED) is 0.652. The third-order valence-corrected chi connectivity index (χ3v) is 4.33. The van der Waals surface area contributed by atoms with Crippen LogP contribution in [-0.2, 0) is 6.42 Å². The molecule has 3 rings (SSSR count). The van der Waals surface area contributed by atoms with Crippen molar-refractivity contribution in [3.63, 3.8) is 0 Å². The second-order valence-electron chi connectivity index (χ2n) is 6.03. The van der Waals surface area contributed by atoms with E-state index in [0.717, 1.165) is 52.3 Å². The minimum absolute atomic E-state index is 0.0790. The molecule has 0 spiro atoms. The van der Waals surface area contributed by atoms with Gasteiger partial charge in [0.2, 0.25) is 0 Å². The van der Waals surface area contributed by atoms with Crippen LogP contribution < -0.4 is 5.32 Å². The van der Waals surface area contributed by atoms with Crippen LogP contribution in [0.2, 0.25) is 0 Å². The Morgan fingerprint density at radius 2 is 2.12 bits per heavy atom. The molecule has 126 valence electrons. The zero-order valence-electron chi connectivity index (χ0n) is 14.1. The number of hydrogen-bond acceptors (Lipinski definition) is 3. The molecule has 0 atom stereocenters. The first-order valence-corrected chi connectivity index (χ1v) is 8.46. The Bertz CT molecular complexity index is 883. The van der Waals surface area contributed by atoms with E-state index in [-0.39, 0.29) is 19.1 Å². The highest BCUT2D eigenvalue weighted by atomic mass is 16.3. The third kappa shape index (κ3) is 2.87. The maximum absolute atomic E-state index is 12.5. The Balaban J connectivity index is 2.26. The number of aromatic amines is 1. The molecule has 3 aromatic rings. The summed E-state index contributed by atoms with van der Waals surface area (Å²) in [7, 11) is 0. The Labute approximate surface area is 141 Å². The molecule has 0 aliphatic carbocycles. The first kappa shape index (κ1) is 16.5. The minimum atomic E-state index is -0.217. The standard InChI is InChI=1S/C19H23N3O2/c1-3-4-7-14-16-13-8-5-6-9-15(13)22-17(16)12(2)21-18(14)19(24)20-10-11-23/h5-6,8-9,22-23H,3-4,7,10-11H2,1-2H3,(H,20,24). The van der Waals surface area contributed by atoms with Gasteiger partial charge >= 0.3 is 0 Å². The molecule has 0 radical (unpaired) electrons. The molecule has 5 nitrogen and oxygen atoms in total. The summed E-state index contributed by atoms with van der Waals surface area (Å²) in [6.07, 6.45) is 2.86. The van der Waals surface area contributed by atoms with Gasteiger partial charge in [0.15, 0.2) is 0 Å². The maximum atomic E-state index is 12.5. The van der Waals surface area contributed by atoms with E-state index in [0.29, 0.717) is 5.69 Å². The van der Waals surface area contributed by atoms with Gasteiger partial charge in [-0.2, -0.15) is 0 Å². The van der Waals surface area contributed by atoms with Crippen molar-refractivity contribution >= 4 is 27.7 Å². The highest BCUT2D eigenvalue weighted by molar-refractivity contribution is 6.12. The minimum Gasteiger partial charge on any atom is -0.395 e. The van der Waals surface area contributed by atoms with E-state index in [9.17, 15) is 4.79 Å². The number of nitrogens with zero attached hydrogens (tertiary/aromatic N) is 1. The Hall–Kier alpha value is -2.40. The van der Waals surface area contributed by atoms with E-state index in [2.05, 4.69) is 28.3 Å². The average molecular weight is 325 g/mol. The molecule has 0 bridgehead atoms. The number of carbonyl (C=O) groups is 1. The van der Waals surface area contributed by atoms with Crippen molar-refractivity contribution in [1.82, 2.24) is 15.3 Å². The van der Waals surface area contributed by atoms with Crippen LogP contribution in [-0.4, -0.2) is 34.1 Å². The number of amides is 1. The zero-order valence-corrected chi connectivity index (χ0v) is 14.1. The van der Waals surface area contributed by atoms with Crippen molar-refractivity contribution in [2.45, 2.75) is 33.1 Å². The van der Waals surface area contributed by atoms with Crippen LogP contribution in [0.15, 0.2) is 24.3 Å². The number of fused-ring (bicyclic) bond motifs is 3. The van der Waals surface area contributed by atoms with Crippen molar-refractivity contribution < 1.29 is 9.90 Å². The number of para-hydroxylation sites is 1. The van der Waals surface area contributed by atoms with Crippen LogP contribution in [0.4, 0.5) is 0 Å². The van der Waals surface area contributed by atoms with Crippen LogP contribution in [0.25, 0.3) is 21.8 Å². The lowest BCUT2D eigenvalue weighted by atomic mass is 9.98. The van der Waals surface area contributed by atoms with Gasteiger partial charge in [-0.1, -0.05) is 31.5 Å². The molecule has 3 N–H and O–H groups in total. The molecule has 2 heterocycles. The maximum Gasteiger partial charge on any atom is 0.270 e. The summed E-state index contributed by atoms with van der Waals surface area (Å²) in [5.74, 6) is -0.217. The van der Waals surface area contributed by atoms with Crippen molar-refractivity contribution in [1.29, 1.82) is 0 Å². The summed E-state index contributed by atoms with van der Waals surface area (Å²) in [4.78, 5) is 20.6. The molecule has 0 saturated carbocycles. The summed E-state index contributed by atoms with van der Waals surface area (Å²) in [5, 5.41) is 13.9. The average Bonchev–Trinajstić information content (AvgIpc) is 2.99. The number of hydrogen-bond donors (Lipinski definition) is 3. The number of unbranched alkanes of at least 4 members (excludes halogenated alkanes) is 1. The Kier molecular flexibility index (Phi) is 4.81. The molecule has 0 fully saturated rings. The highest BCUT2D eigenvalue weighted by Crippen LogP contribution is 2.32. The normalized spacial score (nSPS) is 11.3. The van der Waals surface area contributed by atoms with Gasteiger partial charge < -0.3 is 15.4 Å². The Morgan fingerprint density at radius 3 is 2.88 bits per heavy atom. The summed E-state index contributed by atoms with van der Waals surface area (Å²) < 4.78 is 0. The summed E-state index contributed by atoms with van der Waals surface area (Å²) in [6, 6.07) is 8.14. The fourth-order valence-electron chi connectivity index (χ4n) is 3.17. The number of pyridine rings is 1. The molecule has 0 aliphatic heterocycles. The van der Waals surface area contributed by atoms with Gasteiger partial charge in [0.05, 0.1) is 17.8 Å². The van der Waals surface area contributed by atoms with Gasteiger partial charge in [-0.3, -0.25) is 4.79 Å². The number of benzene rings is 1. The van der Waals surface area contributed by atoms with E-state index in [4.69, 9.17) is 5.11 Å². The number of aliphatic hydroxyl groups is 1. The van der Waals surface area contributed by atoms with Gasteiger partial charge in [0.25, 0.3) is 5.91 Å². The molecule has 2 aromatic heterocycles. The van der Waals surface area contributed by atoms with Crippen LogP contribution >= 0.6 is 0 Å². The number of rotatable bonds is 6. The lowest BCUT2D eigenvalue weighted by Crippen LogP contribution is -2.28. The molecule has 24 heavy (non-hydrogen) atoms. The fourth-order valence-corrected chi connectivity index (χ4v) is 3.17. The number of aliphatic hydroxyl groups excluding tert-OH is 1. The van der Waals surface area contributed by atoms with Crippen LogP contribution in [0, 0.1) is 6.92 Å². The molecular weight excluding hydrogens is 302 g/mol. The number of carbonyl (C=O) groups excluding carboxylic acids is 1. The smallest absolute Gasteiger partial charge is 0.270 e. The summed E-state index contributed by atoms with van der Waals surface area (Å²) in [5.41, 5.74) is 4.34. The SMILES string of the molecule is CCCCc1c(C(=O)NCCO)nc(C)c2[nH]c3ccccc3c12. The first-order chi connectivity index (χ1) is 11.7. The molecule has 0 saturated heterocycles. The van der Waals surface area contributed by atoms with E-state index >= 15 is 0 Å². The predicted octanol–water partition coefficient (Wildman–Crippen LogP) is 3.09. The molecule has 0 unspecified atom stereocenters. The number of aromatic nitrogens is 2. The lowest BCUT2D eigenvalue weighted by molar-refractivity contribution is 0.0938. The molecule has 1 amide bonds. The molecule has 0 aliphatic rings. The predicted molar refractivity (Wildman–Crippen MR) is 96.4 cm³/mol. The third-order valence-electron chi connectivity index (χ3n) is 4.33. The van der Waals surface area contributed by atoms with Gasteiger partial charge in [-0.25, -0.2) is 4.98 Å². The van der Waals surface area contributed by atoms with E-state index in [1.807, 2.05) is 25.1 Å². The van der Waals surface area contributed by atoms with Crippen molar-refractivity contribution in [3.8, 4) is 0 Å². The number of aryl methyl sites for hydroxylation is 2. The van der Waals surface area contributed by atoms with E-state index in [1.165, 1.54) is 0 Å². The fraction of sp³-hybridized carbons (Fsp3) is 0.368. The van der Waals surface area contributed by atoms with E-state index in [1.54, 1.807) is 0 Å². The summed E-state index contributed by atoms with van der Waals surface area (Å²) in [6.45, 7) is 4.22. The van der Waals surface area contributed by atoms with Crippen LogP contribution in [0.3, 0.4) is 0 Å². The lowest BCUT2D eigenvalue weighted by Gasteiger charge is -2.12. The van der Waals surface area contributed by atoms with Gasteiger partial charge in [-0.15, -0.1) is 0 Å². The molecule has 5 heteroatoms. The van der Waals surface area contributed by atoms with Crippen molar-refractivity contribution in [3.05, 3.63) is 41.2 Å². The molecule has 1 aromatic carbocycles. The topological polar surface area (TPSA) is 78.0 Å². The van der Waals surface area contributed by atoms with Gasteiger partial charge in [-0.05, 0) is 31.4 Å². The number of H-pyrrole nitrogens is 1. The zero-order chi connectivity index (χ0) is 17.1. The van der Waals surface area contributed by atoms with Crippen LogP contribution in [0.1, 0.15) is 41.5 Å². The largest absolute Gasteiger partial charge is 0.395 e. The van der Waals surface area contributed by atoms with Crippen LogP contribution in [0.5, 0.6) is 0 Å². The Morgan fingerprint density at radius 1 is 1.33 bits per heavy atom. The molecular formula is C19H23N3O2. The second kappa shape index (κ2) is 7.01. The first-order valence-electron chi connectivity index (χ1n) is 8.46. The second-order valence-corrected chi connectivity index (χ2v) is 6.03. The van der Waals surface area contributed by atoms with E-state index < -0.39 is 0 Å². The number of nitrogens with one attached hydrogen (secondary N) is 2. The summed E-state index contributed by atoms with van der Waals surface area (Å²) >= 11 is 0. The monoisotopic (exact) mass is 325 g/mol. The van der Waals surface area contributed by atoms with Gasteiger partial charge in [0, 0.05) is 22.8 Å². The van der Waals surface area contributed by atoms with Crippen molar-refractivity contribution in [2.75, 3.05) is 13.2 Å².